The summed E-state index contributed by atoms with van der Waals surface area (Å²) in [6, 6.07) is 11.7. The minimum absolute atomic E-state index is 0.0183. The molecule has 1 aromatic carbocycles. The number of aromatic amines is 1. The standard InChI is InChI=1S/C21H24N4O2/c26-21(23-9-7-16-15-24-19-6-2-1-5-18(16)19)20(17-4-3-8-22-14-17)25-10-12-27-13-11-25/h1-6,8,14-15,20,24H,7,9-13H2,(H,23,26)/t20-/m1/s1. The molecule has 1 fully saturated rings. The molecule has 0 aliphatic carbocycles. The van der Waals surface area contributed by atoms with Gasteiger partial charge in [-0.2, -0.15) is 0 Å². The molecule has 3 aromatic rings. The van der Waals surface area contributed by atoms with Crippen LogP contribution in [0.5, 0.6) is 0 Å². The van der Waals surface area contributed by atoms with E-state index in [4.69, 9.17) is 4.74 Å². The molecule has 0 unspecified atom stereocenters. The van der Waals surface area contributed by atoms with Gasteiger partial charge in [0.05, 0.1) is 13.2 Å². The highest BCUT2D eigenvalue weighted by molar-refractivity contribution is 5.84. The average molecular weight is 364 g/mol. The van der Waals surface area contributed by atoms with Crippen molar-refractivity contribution >= 4 is 16.8 Å². The Morgan fingerprint density at radius 1 is 1.22 bits per heavy atom. The summed E-state index contributed by atoms with van der Waals surface area (Å²) in [5, 5.41) is 4.33. The highest BCUT2D eigenvalue weighted by Gasteiger charge is 2.29. The summed E-state index contributed by atoms with van der Waals surface area (Å²) >= 11 is 0. The molecule has 1 aliphatic heterocycles. The van der Waals surface area contributed by atoms with Gasteiger partial charge in [0.25, 0.3) is 0 Å². The largest absolute Gasteiger partial charge is 0.379 e. The van der Waals surface area contributed by atoms with Crippen LogP contribution in [0.2, 0.25) is 0 Å². The fourth-order valence-corrected chi connectivity index (χ4v) is 3.66. The third-order valence-corrected chi connectivity index (χ3v) is 5.03. The third kappa shape index (κ3) is 4.02. The lowest BCUT2D eigenvalue weighted by molar-refractivity contribution is -0.128. The molecular formula is C21H24N4O2. The van der Waals surface area contributed by atoms with Gasteiger partial charge in [-0.1, -0.05) is 24.3 Å². The first-order chi connectivity index (χ1) is 13.3. The first-order valence-corrected chi connectivity index (χ1v) is 9.37. The summed E-state index contributed by atoms with van der Waals surface area (Å²) in [6.45, 7) is 3.39. The van der Waals surface area contributed by atoms with E-state index in [9.17, 15) is 4.79 Å². The van der Waals surface area contributed by atoms with Gasteiger partial charge in [0.15, 0.2) is 0 Å². The second-order valence-corrected chi connectivity index (χ2v) is 6.74. The van der Waals surface area contributed by atoms with Crippen LogP contribution in [0.1, 0.15) is 17.2 Å². The number of nitrogens with zero attached hydrogens (tertiary/aromatic N) is 2. The van der Waals surface area contributed by atoms with Crippen LogP contribution in [-0.4, -0.2) is 53.6 Å². The summed E-state index contributed by atoms with van der Waals surface area (Å²) in [5.74, 6) is 0.0183. The molecule has 1 amide bonds. The molecule has 0 saturated carbocycles. The Kier molecular flexibility index (Phi) is 5.46. The Morgan fingerprint density at radius 2 is 2.07 bits per heavy atom. The van der Waals surface area contributed by atoms with E-state index in [2.05, 4.69) is 32.3 Å². The Labute approximate surface area is 158 Å². The van der Waals surface area contributed by atoms with E-state index in [1.54, 1.807) is 12.4 Å². The lowest BCUT2D eigenvalue weighted by atomic mass is 10.1. The fourth-order valence-electron chi connectivity index (χ4n) is 3.66. The van der Waals surface area contributed by atoms with Crippen LogP contribution >= 0.6 is 0 Å². The summed E-state index contributed by atoms with van der Waals surface area (Å²) in [5.41, 5.74) is 3.26. The quantitative estimate of drug-likeness (QED) is 0.704. The van der Waals surface area contributed by atoms with E-state index in [1.807, 2.05) is 30.5 Å². The number of morpholine rings is 1. The second-order valence-electron chi connectivity index (χ2n) is 6.74. The van der Waals surface area contributed by atoms with Gasteiger partial charge in [0.2, 0.25) is 5.91 Å². The highest BCUT2D eigenvalue weighted by atomic mass is 16.5. The number of carbonyl (C=O) groups excluding carboxylic acids is 1. The molecule has 140 valence electrons. The molecule has 6 heteroatoms. The minimum atomic E-state index is -0.328. The number of para-hydroxylation sites is 1. The van der Waals surface area contributed by atoms with Crippen LogP contribution in [0.15, 0.2) is 55.0 Å². The van der Waals surface area contributed by atoms with Gasteiger partial charge in [-0.3, -0.25) is 14.7 Å². The number of fused-ring (bicyclic) bond motifs is 1. The van der Waals surface area contributed by atoms with E-state index in [1.165, 1.54) is 10.9 Å². The van der Waals surface area contributed by atoms with Crippen molar-refractivity contribution in [2.45, 2.75) is 12.5 Å². The number of aromatic nitrogens is 2. The predicted octanol–water partition coefficient (Wildman–Crippen LogP) is 2.30. The van der Waals surface area contributed by atoms with Gasteiger partial charge in [0.1, 0.15) is 6.04 Å². The van der Waals surface area contributed by atoms with Crippen molar-refractivity contribution in [3.63, 3.8) is 0 Å². The number of pyridine rings is 1. The first kappa shape index (κ1) is 17.7. The number of rotatable bonds is 6. The SMILES string of the molecule is O=C(NCCc1c[nH]c2ccccc12)[C@@H](c1cccnc1)N1CCOCC1. The lowest BCUT2D eigenvalue weighted by Crippen LogP contribution is -2.46. The van der Waals surface area contributed by atoms with E-state index >= 15 is 0 Å². The van der Waals surface area contributed by atoms with E-state index in [-0.39, 0.29) is 11.9 Å². The second kappa shape index (κ2) is 8.33. The fraction of sp³-hybridized carbons (Fsp3) is 0.333. The van der Waals surface area contributed by atoms with Crippen LogP contribution in [-0.2, 0) is 16.0 Å². The van der Waals surface area contributed by atoms with E-state index < -0.39 is 0 Å². The Morgan fingerprint density at radius 3 is 2.89 bits per heavy atom. The van der Waals surface area contributed by atoms with Crippen molar-refractivity contribution in [2.24, 2.45) is 0 Å². The molecule has 2 N–H and O–H groups in total. The lowest BCUT2D eigenvalue weighted by Gasteiger charge is -2.33. The van der Waals surface area contributed by atoms with Crippen LogP contribution in [0.25, 0.3) is 10.9 Å². The van der Waals surface area contributed by atoms with Crippen molar-refractivity contribution in [1.82, 2.24) is 20.2 Å². The number of ether oxygens (including phenoxy) is 1. The first-order valence-electron chi connectivity index (χ1n) is 9.37. The zero-order valence-electron chi connectivity index (χ0n) is 15.2. The molecular weight excluding hydrogens is 340 g/mol. The topological polar surface area (TPSA) is 70.2 Å². The summed E-state index contributed by atoms with van der Waals surface area (Å²) in [7, 11) is 0. The molecule has 0 radical (unpaired) electrons. The summed E-state index contributed by atoms with van der Waals surface area (Å²) in [4.78, 5) is 22.7. The Balaban J connectivity index is 1.43. The molecule has 4 rings (SSSR count). The number of benzene rings is 1. The van der Waals surface area contributed by atoms with Gasteiger partial charge in [0, 0.05) is 49.1 Å². The van der Waals surface area contributed by atoms with Crippen LogP contribution < -0.4 is 5.32 Å². The van der Waals surface area contributed by atoms with Gasteiger partial charge >= 0.3 is 0 Å². The maximum absolute atomic E-state index is 13.0. The van der Waals surface area contributed by atoms with Crippen molar-refractivity contribution in [1.29, 1.82) is 0 Å². The molecule has 1 atom stereocenters. The number of amides is 1. The molecule has 27 heavy (non-hydrogen) atoms. The van der Waals surface area contributed by atoms with E-state index in [0.717, 1.165) is 30.6 Å². The van der Waals surface area contributed by atoms with Crippen LogP contribution in [0, 0.1) is 0 Å². The van der Waals surface area contributed by atoms with E-state index in [0.29, 0.717) is 19.8 Å². The monoisotopic (exact) mass is 364 g/mol. The minimum Gasteiger partial charge on any atom is -0.379 e. The average Bonchev–Trinajstić information content (AvgIpc) is 3.13. The number of hydrogen-bond donors (Lipinski definition) is 2. The number of carbonyl (C=O) groups is 1. The predicted molar refractivity (Wildman–Crippen MR) is 104 cm³/mol. The Hall–Kier alpha value is -2.70. The van der Waals surface area contributed by atoms with Crippen molar-refractivity contribution in [3.05, 3.63) is 66.1 Å². The number of nitrogens with one attached hydrogen (secondary N) is 2. The maximum atomic E-state index is 13.0. The molecule has 3 heterocycles. The zero-order chi connectivity index (χ0) is 18.5. The molecule has 6 nitrogen and oxygen atoms in total. The number of hydrogen-bond acceptors (Lipinski definition) is 4. The zero-order valence-corrected chi connectivity index (χ0v) is 15.2. The van der Waals surface area contributed by atoms with Gasteiger partial charge in [-0.25, -0.2) is 0 Å². The normalized spacial score (nSPS) is 16.3. The molecule has 1 saturated heterocycles. The summed E-state index contributed by atoms with van der Waals surface area (Å²) in [6.07, 6.45) is 6.32. The molecule has 0 bridgehead atoms. The van der Waals surface area contributed by atoms with Crippen LogP contribution in [0.4, 0.5) is 0 Å². The molecule has 1 aliphatic rings. The van der Waals surface area contributed by atoms with Crippen LogP contribution in [0.3, 0.4) is 0 Å². The highest BCUT2D eigenvalue weighted by Crippen LogP contribution is 2.22. The summed E-state index contributed by atoms with van der Waals surface area (Å²) < 4.78 is 5.44. The maximum Gasteiger partial charge on any atom is 0.242 e. The van der Waals surface area contributed by atoms with Crippen molar-refractivity contribution in [2.75, 3.05) is 32.8 Å². The van der Waals surface area contributed by atoms with Gasteiger partial charge in [-0.05, 0) is 29.7 Å². The van der Waals surface area contributed by atoms with Crippen molar-refractivity contribution in [3.8, 4) is 0 Å². The molecule has 2 aromatic heterocycles. The number of H-pyrrole nitrogens is 1. The Bertz CT molecular complexity index is 887. The van der Waals surface area contributed by atoms with Gasteiger partial charge < -0.3 is 15.0 Å². The van der Waals surface area contributed by atoms with Crippen molar-refractivity contribution < 1.29 is 9.53 Å². The smallest absolute Gasteiger partial charge is 0.242 e. The van der Waals surface area contributed by atoms with Gasteiger partial charge in [-0.15, -0.1) is 0 Å². The molecule has 0 spiro atoms. The third-order valence-electron chi connectivity index (χ3n) is 5.03.